The van der Waals surface area contributed by atoms with E-state index in [0.29, 0.717) is 0 Å². The van der Waals surface area contributed by atoms with E-state index >= 15 is 0 Å². The molecule has 0 amide bonds. The highest BCUT2D eigenvalue weighted by Gasteiger charge is 2.17. The molecule has 0 radical (unpaired) electrons. The van der Waals surface area contributed by atoms with E-state index < -0.39 is 0 Å². The molecule has 114 valence electrons. The molecule has 1 atom stereocenters. The van der Waals surface area contributed by atoms with Gasteiger partial charge in [0, 0.05) is 12.7 Å². The third-order valence-corrected chi connectivity index (χ3v) is 3.33. The molecule has 4 nitrogen and oxygen atoms in total. The van der Waals surface area contributed by atoms with Crippen LogP contribution < -0.4 is 10.1 Å². The second-order valence-corrected chi connectivity index (χ2v) is 5.44. The number of rotatable bonds is 7. The number of ether oxygens (including phenoxy) is 1. The molecule has 4 heteroatoms. The topological polar surface area (TPSA) is 39.1 Å². The summed E-state index contributed by atoms with van der Waals surface area (Å²) in [6.45, 7) is 7.18. The Balaban J connectivity index is 2.30. The monoisotopic (exact) mass is 287 g/mol. The maximum absolute atomic E-state index is 5.79. The molecular weight excluding hydrogens is 262 g/mol. The molecule has 1 unspecified atom stereocenters. The van der Waals surface area contributed by atoms with Gasteiger partial charge in [0.25, 0.3) is 0 Å². The Morgan fingerprint density at radius 1 is 1.29 bits per heavy atom. The van der Waals surface area contributed by atoms with E-state index in [1.54, 1.807) is 0 Å². The van der Waals surface area contributed by atoms with Crippen LogP contribution in [0.25, 0.3) is 0 Å². The summed E-state index contributed by atoms with van der Waals surface area (Å²) in [5.41, 5.74) is 2.37. The smallest absolute Gasteiger partial charge is 0.120 e. The number of benzene rings is 1. The third kappa shape index (κ3) is 3.85. The number of aromatic nitrogens is 2. The van der Waals surface area contributed by atoms with Gasteiger partial charge in [0.05, 0.1) is 17.8 Å². The normalized spacial score (nSPS) is 12.6. The zero-order chi connectivity index (χ0) is 15.2. The van der Waals surface area contributed by atoms with Gasteiger partial charge in [-0.25, -0.2) is 0 Å². The van der Waals surface area contributed by atoms with Crippen molar-refractivity contribution in [1.29, 1.82) is 0 Å². The van der Waals surface area contributed by atoms with E-state index in [1.165, 1.54) is 11.3 Å². The summed E-state index contributed by atoms with van der Waals surface area (Å²) in [4.78, 5) is 0. The molecule has 0 aliphatic carbocycles. The summed E-state index contributed by atoms with van der Waals surface area (Å²) in [6.07, 6.45) is 3.12. The number of nitrogens with zero attached hydrogens (tertiary/aromatic N) is 2. The Morgan fingerprint density at radius 2 is 2.10 bits per heavy atom. The van der Waals surface area contributed by atoms with Crippen molar-refractivity contribution in [3.63, 3.8) is 0 Å². The summed E-state index contributed by atoms with van der Waals surface area (Å²) in [5, 5.41) is 7.80. The number of aryl methyl sites for hydroxylation is 1. The standard InChI is InChI=1S/C17H25N3O/c1-5-11-20-16(9-10-19-20)17(18-4)14-7-6-8-15(12-14)21-13(2)3/h6-10,12-13,17-18H,5,11H2,1-4H3. The Bertz CT molecular complexity index is 563. The van der Waals surface area contributed by atoms with Crippen LogP contribution >= 0.6 is 0 Å². The van der Waals surface area contributed by atoms with Crippen molar-refractivity contribution >= 4 is 0 Å². The molecule has 1 N–H and O–H groups in total. The van der Waals surface area contributed by atoms with Gasteiger partial charge in [-0.05, 0) is 51.1 Å². The average molecular weight is 287 g/mol. The first-order valence-corrected chi connectivity index (χ1v) is 7.61. The average Bonchev–Trinajstić information content (AvgIpc) is 2.88. The van der Waals surface area contributed by atoms with E-state index in [0.717, 1.165) is 18.7 Å². The molecular formula is C17H25N3O. The van der Waals surface area contributed by atoms with E-state index in [1.807, 2.05) is 39.2 Å². The third-order valence-electron chi connectivity index (χ3n) is 3.33. The molecule has 1 aromatic heterocycles. The molecule has 0 saturated carbocycles. The highest BCUT2D eigenvalue weighted by molar-refractivity contribution is 5.34. The van der Waals surface area contributed by atoms with Crippen molar-refractivity contribution in [2.24, 2.45) is 0 Å². The molecule has 2 aromatic rings. The summed E-state index contributed by atoms with van der Waals surface area (Å²) in [5.74, 6) is 0.907. The lowest BCUT2D eigenvalue weighted by Crippen LogP contribution is -2.21. The van der Waals surface area contributed by atoms with Crippen LogP contribution in [0.3, 0.4) is 0 Å². The van der Waals surface area contributed by atoms with Gasteiger partial charge in [-0.15, -0.1) is 0 Å². The number of nitrogens with one attached hydrogen (secondary N) is 1. The van der Waals surface area contributed by atoms with Crippen LogP contribution in [0.5, 0.6) is 5.75 Å². The first-order valence-electron chi connectivity index (χ1n) is 7.61. The minimum absolute atomic E-state index is 0.120. The minimum Gasteiger partial charge on any atom is -0.491 e. The fourth-order valence-corrected chi connectivity index (χ4v) is 2.51. The van der Waals surface area contributed by atoms with Gasteiger partial charge in [0.15, 0.2) is 0 Å². The highest BCUT2D eigenvalue weighted by Crippen LogP contribution is 2.25. The van der Waals surface area contributed by atoms with Gasteiger partial charge in [-0.3, -0.25) is 4.68 Å². The Labute approximate surface area is 127 Å². The van der Waals surface area contributed by atoms with Crippen molar-refractivity contribution in [2.75, 3.05) is 7.05 Å². The van der Waals surface area contributed by atoms with Gasteiger partial charge in [0.2, 0.25) is 0 Å². The van der Waals surface area contributed by atoms with Crippen LogP contribution in [-0.4, -0.2) is 22.9 Å². The molecule has 1 aromatic carbocycles. The van der Waals surface area contributed by atoms with Crippen molar-refractivity contribution < 1.29 is 4.74 Å². The van der Waals surface area contributed by atoms with Gasteiger partial charge < -0.3 is 10.1 Å². The fourth-order valence-electron chi connectivity index (χ4n) is 2.51. The molecule has 0 fully saturated rings. The largest absolute Gasteiger partial charge is 0.491 e. The zero-order valence-electron chi connectivity index (χ0n) is 13.3. The maximum atomic E-state index is 5.79. The molecule has 0 aliphatic rings. The predicted molar refractivity (Wildman–Crippen MR) is 85.6 cm³/mol. The van der Waals surface area contributed by atoms with Crippen LogP contribution in [0.4, 0.5) is 0 Å². The van der Waals surface area contributed by atoms with Gasteiger partial charge in [-0.1, -0.05) is 19.1 Å². The first-order chi connectivity index (χ1) is 10.2. The predicted octanol–water partition coefficient (Wildman–Crippen LogP) is 3.39. The summed E-state index contributed by atoms with van der Waals surface area (Å²) < 4.78 is 7.86. The van der Waals surface area contributed by atoms with Crippen molar-refractivity contribution in [2.45, 2.75) is 45.9 Å². The van der Waals surface area contributed by atoms with Crippen LogP contribution in [0.1, 0.15) is 44.5 Å². The van der Waals surface area contributed by atoms with Crippen LogP contribution in [-0.2, 0) is 6.54 Å². The van der Waals surface area contributed by atoms with E-state index in [9.17, 15) is 0 Å². The van der Waals surface area contributed by atoms with Crippen LogP contribution in [0, 0.1) is 0 Å². The van der Waals surface area contributed by atoms with Crippen LogP contribution in [0.2, 0.25) is 0 Å². The second-order valence-electron chi connectivity index (χ2n) is 5.44. The van der Waals surface area contributed by atoms with Gasteiger partial charge in [0.1, 0.15) is 5.75 Å². The maximum Gasteiger partial charge on any atom is 0.120 e. The molecule has 0 saturated heterocycles. The van der Waals surface area contributed by atoms with Crippen molar-refractivity contribution in [1.82, 2.24) is 15.1 Å². The quantitative estimate of drug-likeness (QED) is 0.848. The highest BCUT2D eigenvalue weighted by atomic mass is 16.5. The Morgan fingerprint density at radius 3 is 2.76 bits per heavy atom. The summed E-state index contributed by atoms with van der Waals surface area (Å²) in [7, 11) is 1.98. The first kappa shape index (κ1) is 15.6. The molecule has 0 spiro atoms. The lowest BCUT2D eigenvalue weighted by Gasteiger charge is -2.19. The zero-order valence-corrected chi connectivity index (χ0v) is 13.3. The lowest BCUT2D eigenvalue weighted by atomic mass is 10.0. The molecule has 2 rings (SSSR count). The van der Waals surface area contributed by atoms with Crippen molar-refractivity contribution in [3.8, 4) is 5.75 Å². The second kappa shape index (κ2) is 7.27. The lowest BCUT2D eigenvalue weighted by molar-refractivity contribution is 0.242. The number of hydrogen-bond acceptors (Lipinski definition) is 3. The number of hydrogen-bond donors (Lipinski definition) is 1. The Hall–Kier alpha value is -1.81. The molecule has 21 heavy (non-hydrogen) atoms. The summed E-state index contributed by atoms with van der Waals surface area (Å²) in [6, 6.07) is 10.5. The Kier molecular flexibility index (Phi) is 5.39. The molecule has 1 heterocycles. The fraction of sp³-hybridized carbons (Fsp3) is 0.471. The van der Waals surface area contributed by atoms with E-state index in [-0.39, 0.29) is 12.1 Å². The van der Waals surface area contributed by atoms with Gasteiger partial charge >= 0.3 is 0 Å². The van der Waals surface area contributed by atoms with E-state index in [2.05, 4.69) is 40.2 Å². The summed E-state index contributed by atoms with van der Waals surface area (Å²) >= 11 is 0. The van der Waals surface area contributed by atoms with Crippen LogP contribution in [0.15, 0.2) is 36.5 Å². The van der Waals surface area contributed by atoms with E-state index in [4.69, 9.17) is 4.74 Å². The van der Waals surface area contributed by atoms with Crippen molar-refractivity contribution in [3.05, 3.63) is 47.8 Å². The SMILES string of the molecule is CCCn1nccc1C(NC)c1cccc(OC(C)C)c1. The minimum atomic E-state index is 0.120. The molecule has 0 aliphatic heterocycles. The van der Waals surface area contributed by atoms with Gasteiger partial charge in [-0.2, -0.15) is 5.10 Å². The molecule has 0 bridgehead atoms.